The third-order valence-electron chi connectivity index (χ3n) is 4.88. The second-order valence-corrected chi connectivity index (χ2v) is 8.87. The van der Waals surface area contributed by atoms with E-state index in [-0.39, 0.29) is 30.6 Å². The van der Waals surface area contributed by atoms with Gasteiger partial charge in [-0.2, -0.15) is 0 Å². The van der Waals surface area contributed by atoms with Crippen LogP contribution >= 0.6 is 0 Å². The third-order valence-corrected chi connectivity index (χ3v) is 4.88. The number of cyclic esters (lactones) is 1. The van der Waals surface area contributed by atoms with Crippen molar-refractivity contribution in [3.63, 3.8) is 0 Å². The molecule has 1 aromatic heterocycles. The van der Waals surface area contributed by atoms with Gasteiger partial charge in [0.25, 0.3) is 5.91 Å². The number of pyridine rings is 1. The molecule has 0 saturated carbocycles. The van der Waals surface area contributed by atoms with Gasteiger partial charge in [-0.1, -0.05) is 27.7 Å². The van der Waals surface area contributed by atoms with Gasteiger partial charge in [0.15, 0.2) is 23.2 Å². The topological polar surface area (TPSA) is 125 Å². The molecule has 4 atom stereocenters. The molecule has 10 nitrogen and oxygen atoms in total. The second kappa shape index (κ2) is 12.7. The average molecular weight is 469 g/mol. The van der Waals surface area contributed by atoms with Crippen LogP contribution in [0.1, 0.15) is 45.1 Å². The van der Waals surface area contributed by atoms with E-state index >= 15 is 0 Å². The van der Waals surface area contributed by atoms with Crippen molar-refractivity contribution < 1.29 is 38.4 Å². The van der Waals surface area contributed by atoms with Crippen LogP contribution in [0.15, 0.2) is 12.3 Å². The number of rotatable bonds is 9. The van der Waals surface area contributed by atoms with Gasteiger partial charge >= 0.3 is 5.97 Å². The Kier molecular flexibility index (Phi) is 10.3. The molecule has 1 aliphatic heterocycles. The number of carbonyl (C=O) groups excluding carboxylic acids is 2. The lowest BCUT2D eigenvalue weighted by atomic mass is 10.1. The summed E-state index contributed by atoms with van der Waals surface area (Å²) >= 11 is 0. The van der Waals surface area contributed by atoms with E-state index in [2.05, 4.69) is 10.3 Å². The van der Waals surface area contributed by atoms with Crippen LogP contribution in [-0.4, -0.2) is 79.9 Å². The van der Waals surface area contributed by atoms with E-state index in [1.165, 1.54) is 19.4 Å². The van der Waals surface area contributed by atoms with Crippen molar-refractivity contribution >= 4 is 11.9 Å². The zero-order chi connectivity index (χ0) is 24.5. The first-order valence-electron chi connectivity index (χ1n) is 11.2. The van der Waals surface area contributed by atoms with E-state index in [1.807, 2.05) is 27.7 Å². The molecule has 0 bridgehead atoms. The molecule has 2 N–H and O–H groups in total. The molecule has 2 heterocycles. The average Bonchev–Trinajstić information content (AvgIpc) is 2.80. The number of methoxy groups -OCH3 is 1. The van der Waals surface area contributed by atoms with Crippen molar-refractivity contribution in [3.05, 3.63) is 18.0 Å². The summed E-state index contributed by atoms with van der Waals surface area (Å²) in [7, 11) is 1.36. The van der Waals surface area contributed by atoms with Crippen molar-refractivity contribution in [3.8, 4) is 11.5 Å². The molecule has 1 fully saturated rings. The highest BCUT2D eigenvalue weighted by Crippen LogP contribution is 2.27. The fourth-order valence-corrected chi connectivity index (χ4v) is 3.20. The molecule has 1 aromatic rings. The third kappa shape index (κ3) is 7.83. The van der Waals surface area contributed by atoms with Gasteiger partial charge in [0.05, 0.1) is 20.3 Å². The lowest BCUT2D eigenvalue weighted by Gasteiger charge is -2.31. The molecular weight excluding hydrogens is 432 g/mol. The van der Waals surface area contributed by atoms with Crippen LogP contribution in [0.4, 0.5) is 0 Å². The van der Waals surface area contributed by atoms with Crippen LogP contribution in [0.3, 0.4) is 0 Å². The Morgan fingerprint density at radius 2 is 1.88 bits per heavy atom. The van der Waals surface area contributed by atoms with Crippen molar-refractivity contribution in [1.29, 1.82) is 0 Å². The molecule has 186 valence electrons. The number of nitrogens with one attached hydrogen (secondary N) is 1. The first-order valence-corrected chi connectivity index (χ1v) is 11.2. The van der Waals surface area contributed by atoms with Crippen LogP contribution in [0.5, 0.6) is 11.5 Å². The molecule has 2 unspecified atom stereocenters. The molecule has 1 saturated heterocycles. The summed E-state index contributed by atoms with van der Waals surface area (Å²) in [5, 5.41) is 12.7. The van der Waals surface area contributed by atoms with Gasteiger partial charge < -0.3 is 34.1 Å². The number of hydrogen-bond donors (Lipinski definition) is 2. The summed E-state index contributed by atoms with van der Waals surface area (Å²) in [6, 6.07) is 0.307. The van der Waals surface area contributed by atoms with Gasteiger partial charge in [-0.05, 0) is 18.8 Å². The highest BCUT2D eigenvalue weighted by Gasteiger charge is 2.36. The van der Waals surface area contributed by atoms with Crippen molar-refractivity contribution in [1.82, 2.24) is 10.3 Å². The zero-order valence-corrected chi connectivity index (χ0v) is 20.2. The quantitative estimate of drug-likeness (QED) is 0.523. The molecule has 1 amide bonds. The van der Waals surface area contributed by atoms with E-state index < -0.39 is 42.0 Å². The summed E-state index contributed by atoms with van der Waals surface area (Å²) < 4.78 is 28.5. The second-order valence-electron chi connectivity index (χ2n) is 8.87. The number of hydrogen-bond acceptors (Lipinski definition) is 9. The fraction of sp³-hybridized carbons (Fsp3) is 0.696. The van der Waals surface area contributed by atoms with Gasteiger partial charge in [0.2, 0.25) is 0 Å². The molecule has 33 heavy (non-hydrogen) atoms. The lowest BCUT2D eigenvalue weighted by Crippen LogP contribution is -2.47. The number of aromatic nitrogens is 1. The molecular formula is C23H36N2O8. The minimum atomic E-state index is -1.11. The lowest BCUT2D eigenvalue weighted by molar-refractivity contribution is -0.170. The van der Waals surface area contributed by atoms with E-state index in [9.17, 15) is 14.7 Å². The smallest absolute Gasteiger partial charge is 0.331 e. The summed E-state index contributed by atoms with van der Waals surface area (Å²) in [5.74, 6) is -1.19. The van der Waals surface area contributed by atoms with Crippen LogP contribution in [0.2, 0.25) is 0 Å². The van der Waals surface area contributed by atoms with Crippen molar-refractivity contribution in [2.45, 2.75) is 59.0 Å². The Morgan fingerprint density at radius 3 is 2.52 bits per heavy atom. The summed E-state index contributed by atoms with van der Waals surface area (Å²) in [6.45, 7) is 10.8. The fourth-order valence-electron chi connectivity index (χ4n) is 3.20. The summed E-state index contributed by atoms with van der Waals surface area (Å²) in [6.07, 6.45) is -0.306. The van der Waals surface area contributed by atoms with Gasteiger partial charge in [0.1, 0.15) is 18.3 Å². The van der Waals surface area contributed by atoms with E-state index in [4.69, 9.17) is 23.7 Å². The highest BCUT2D eigenvalue weighted by molar-refractivity contribution is 5.98. The highest BCUT2D eigenvalue weighted by atomic mass is 16.6. The van der Waals surface area contributed by atoms with Gasteiger partial charge in [-0.3, -0.25) is 4.79 Å². The molecule has 1 aliphatic rings. The molecule has 0 radical (unpaired) electrons. The minimum absolute atomic E-state index is 0.0901. The van der Waals surface area contributed by atoms with Gasteiger partial charge in [0, 0.05) is 25.5 Å². The molecule has 0 aromatic carbocycles. The maximum Gasteiger partial charge on any atom is 0.331 e. The monoisotopic (exact) mass is 468 g/mol. The number of esters is 1. The Hall–Kier alpha value is -2.43. The maximum absolute atomic E-state index is 12.8. The largest absolute Gasteiger partial charge is 0.503 e. The van der Waals surface area contributed by atoms with Crippen molar-refractivity contribution in [2.75, 3.05) is 33.5 Å². The predicted octanol–water partition coefficient (Wildman–Crippen LogP) is 1.94. The number of aromatic hydroxyl groups is 1. The molecule has 2 rings (SSSR count). The first-order chi connectivity index (χ1) is 15.6. The van der Waals surface area contributed by atoms with Crippen LogP contribution in [0.25, 0.3) is 0 Å². The van der Waals surface area contributed by atoms with E-state index in [0.29, 0.717) is 19.1 Å². The number of nitrogens with zero attached hydrogens (tertiary/aromatic N) is 1. The van der Waals surface area contributed by atoms with Crippen LogP contribution in [-0.2, 0) is 23.7 Å². The predicted molar refractivity (Wildman–Crippen MR) is 119 cm³/mol. The molecule has 0 spiro atoms. The standard InChI is InChI=1S/C23H36N2O8/c1-13(2)9-31-18-12-30-11-16(23(28)33-15(5)21(18)32-10-14(3)4)25-22(27)19-20(26)17(29-6)7-8-24-19/h7-8,13-16,18,21,26H,9-12H2,1-6H3,(H,25,27)/t15?,16-,18?,21-/m0/s1. The van der Waals surface area contributed by atoms with Crippen LogP contribution in [0, 0.1) is 11.8 Å². The number of amides is 1. The van der Waals surface area contributed by atoms with E-state index in [1.54, 1.807) is 6.92 Å². The Balaban J connectivity index is 2.17. The number of ether oxygens (including phenoxy) is 5. The van der Waals surface area contributed by atoms with Gasteiger partial charge in [-0.15, -0.1) is 0 Å². The Morgan fingerprint density at radius 1 is 1.21 bits per heavy atom. The molecule has 0 aliphatic carbocycles. The van der Waals surface area contributed by atoms with E-state index in [0.717, 1.165) is 0 Å². The molecule has 10 heteroatoms. The minimum Gasteiger partial charge on any atom is -0.503 e. The van der Waals surface area contributed by atoms with Crippen molar-refractivity contribution in [2.24, 2.45) is 11.8 Å². The Bertz CT molecular complexity index is 786. The summed E-state index contributed by atoms with van der Waals surface area (Å²) in [4.78, 5) is 29.4. The van der Waals surface area contributed by atoms with Gasteiger partial charge in [-0.25, -0.2) is 9.78 Å². The zero-order valence-electron chi connectivity index (χ0n) is 20.2. The maximum atomic E-state index is 12.8. The van der Waals surface area contributed by atoms with Crippen LogP contribution < -0.4 is 10.1 Å². The Labute approximate surface area is 194 Å². The summed E-state index contributed by atoms with van der Waals surface area (Å²) in [5.41, 5.74) is -0.272. The first kappa shape index (κ1) is 26.8. The number of carbonyl (C=O) groups is 2. The normalized spacial score (nSPS) is 24.1. The SMILES string of the molecule is COc1ccnc(C(=O)N[C@H]2COCC(OCC(C)C)[C@@H](OCC(C)C)C(C)OC2=O)c1O.